The van der Waals surface area contributed by atoms with Gasteiger partial charge in [0.25, 0.3) is 0 Å². The zero-order valence-electron chi connectivity index (χ0n) is 15.1. The third kappa shape index (κ3) is 5.59. The molecule has 0 atom stereocenters. The van der Waals surface area contributed by atoms with Crippen LogP contribution in [0.2, 0.25) is 0 Å². The van der Waals surface area contributed by atoms with Crippen LogP contribution in [0, 0.1) is 11.3 Å². The van der Waals surface area contributed by atoms with Crippen LogP contribution in [0.4, 0.5) is 0 Å². The van der Waals surface area contributed by atoms with Crippen molar-refractivity contribution in [3.8, 4) is 23.3 Å². The number of benzene rings is 2. The lowest BCUT2D eigenvalue weighted by Gasteiger charge is -2.11. The summed E-state index contributed by atoms with van der Waals surface area (Å²) in [6, 6.07) is 13.5. The normalized spacial score (nSPS) is 10.6. The van der Waals surface area contributed by atoms with Crippen molar-refractivity contribution in [3.05, 3.63) is 58.1 Å². The second kappa shape index (κ2) is 10.1. The summed E-state index contributed by atoms with van der Waals surface area (Å²) >= 11 is 3.33. The van der Waals surface area contributed by atoms with Crippen molar-refractivity contribution >= 4 is 33.9 Å². The first-order valence-corrected chi connectivity index (χ1v) is 8.74. The summed E-state index contributed by atoms with van der Waals surface area (Å²) in [5.74, 6) is -0.424. The van der Waals surface area contributed by atoms with Crippen LogP contribution in [0.1, 0.15) is 5.56 Å². The van der Waals surface area contributed by atoms with E-state index in [1.807, 2.05) is 6.07 Å². The Labute approximate surface area is 170 Å². The van der Waals surface area contributed by atoms with Crippen LogP contribution in [-0.4, -0.2) is 32.8 Å². The summed E-state index contributed by atoms with van der Waals surface area (Å²) in [7, 11) is 2.59. The molecule has 0 saturated carbocycles. The summed E-state index contributed by atoms with van der Waals surface area (Å²) < 4.78 is 21.2. The first kappa shape index (κ1) is 21.0. The van der Waals surface area contributed by atoms with Crippen molar-refractivity contribution in [1.82, 2.24) is 0 Å². The number of nitriles is 1. The number of halogens is 1. The molecule has 0 aliphatic rings. The fourth-order valence-corrected chi connectivity index (χ4v) is 2.52. The van der Waals surface area contributed by atoms with Crippen molar-refractivity contribution < 1.29 is 28.5 Å². The lowest BCUT2D eigenvalue weighted by atomic mass is 10.1. The van der Waals surface area contributed by atoms with E-state index in [-0.39, 0.29) is 23.7 Å². The minimum atomic E-state index is -0.749. The van der Waals surface area contributed by atoms with E-state index >= 15 is 0 Å². The second-order valence-corrected chi connectivity index (χ2v) is 6.12. The Morgan fingerprint density at radius 2 is 1.86 bits per heavy atom. The van der Waals surface area contributed by atoms with Gasteiger partial charge in [-0.05, 0) is 51.8 Å². The summed E-state index contributed by atoms with van der Waals surface area (Å²) in [6.45, 7) is -0.297. The topological polar surface area (TPSA) is 94.9 Å². The second-order valence-electron chi connectivity index (χ2n) is 5.26. The van der Waals surface area contributed by atoms with E-state index in [0.29, 0.717) is 11.3 Å². The number of hydrogen-bond donors (Lipinski definition) is 0. The molecule has 0 aromatic heterocycles. The third-order valence-electron chi connectivity index (χ3n) is 3.43. The van der Waals surface area contributed by atoms with Crippen LogP contribution in [-0.2, 0) is 14.3 Å². The van der Waals surface area contributed by atoms with Crippen LogP contribution in [0.15, 0.2) is 52.5 Å². The van der Waals surface area contributed by atoms with Gasteiger partial charge in [0.2, 0.25) is 0 Å². The first-order chi connectivity index (χ1) is 13.5. The number of hydrogen-bond acceptors (Lipinski definition) is 7. The molecule has 0 bridgehead atoms. The summed E-state index contributed by atoms with van der Waals surface area (Å²) in [4.78, 5) is 23.6. The molecule has 0 radical (unpaired) electrons. The Morgan fingerprint density at radius 1 is 1.11 bits per heavy atom. The molecule has 0 fully saturated rings. The summed E-state index contributed by atoms with van der Waals surface area (Å²) in [5.41, 5.74) is 0.333. The third-order valence-corrected chi connectivity index (χ3v) is 4.09. The van der Waals surface area contributed by atoms with Gasteiger partial charge in [-0.2, -0.15) is 5.26 Å². The van der Waals surface area contributed by atoms with E-state index in [1.54, 1.807) is 30.3 Å². The van der Waals surface area contributed by atoms with Gasteiger partial charge in [-0.3, -0.25) is 0 Å². The van der Waals surface area contributed by atoms with Gasteiger partial charge in [-0.1, -0.05) is 18.2 Å². The van der Waals surface area contributed by atoms with E-state index in [9.17, 15) is 9.59 Å². The van der Waals surface area contributed by atoms with Gasteiger partial charge >= 0.3 is 11.9 Å². The number of methoxy groups -OCH3 is 2. The quantitative estimate of drug-likeness (QED) is 0.278. The van der Waals surface area contributed by atoms with E-state index in [1.165, 1.54) is 32.4 Å². The monoisotopic (exact) mass is 445 g/mol. The number of esters is 2. The van der Waals surface area contributed by atoms with Crippen molar-refractivity contribution in [2.24, 2.45) is 0 Å². The maximum atomic E-state index is 12.1. The van der Waals surface area contributed by atoms with Crippen molar-refractivity contribution in [1.29, 1.82) is 5.26 Å². The molecule has 2 aromatic carbocycles. The maximum absolute atomic E-state index is 12.1. The number of nitrogens with zero attached hydrogens (tertiary/aromatic N) is 1. The zero-order valence-corrected chi connectivity index (χ0v) is 16.7. The van der Waals surface area contributed by atoms with Crippen LogP contribution >= 0.6 is 15.9 Å². The Bertz CT molecular complexity index is 948. The Balaban J connectivity index is 2.10. The molecule has 7 nitrogen and oxygen atoms in total. The fourth-order valence-electron chi connectivity index (χ4n) is 2.12. The molecule has 0 aliphatic heterocycles. The molecule has 2 rings (SSSR count). The molecular formula is C20H16BrNO6. The first-order valence-electron chi connectivity index (χ1n) is 7.94. The molecule has 8 heteroatoms. The molecule has 0 spiro atoms. The Hall–Kier alpha value is -3.31. The van der Waals surface area contributed by atoms with Gasteiger partial charge in [0.1, 0.15) is 17.4 Å². The van der Waals surface area contributed by atoms with Gasteiger partial charge in [-0.15, -0.1) is 0 Å². The number of carbonyl (C=O) groups excluding carboxylic acids is 2. The molecule has 28 heavy (non-hydrogen) atoms. The van der Waals surface area contributed by atoms with Crippen molar-refractivity contribution in [2.75, 3.05) is 20.8 Å². The number of carbonyl (C=O) groups is 2. The molecule has 0 saturated heterocycles. The lowest BCUT2D eigenvalue weighted by molar-refractivity contribution is -0.137. The smallest absolute Gasteiger partial charge is 0.349 e. The number of ether oxygens (including phenoxy) is 4. The van der Waals surface area contributed by atoms with E-state index in [0.717, 1.165) is 4.47 Å². The average Bonchev–Trinajstić information content (AvgIpc) is 2.71. The predicted octanol–water partition coefficient (Wildman–Crippen LogP) is 3.52. The SMILES string of the molecule is COC(=O)/C(C#N)=C/c1ccc(OC(=O)COc2ccccc2Br)c(OC)c1. The van der Waals surface area contributed by atoms with Crippen LogP contribution in [0.5, 0.6) is 17.2 Å². The molecule has 0 heterocycles. The molecule has 0 amide bonds. The molecule has 0 unspecified atom stereocenters. The largest absolute Gasteiger partial charge is 0.493 e. The van der Waals surface area contributed by atoms with Crippen molar-refractivity contribution in [3.63, 3.8) is 0 Å². The van der Waals surface area contributed by atoms with Crippen LogP contribution < -0.4 is 14.2 Å². The van der Waals surface area contributed by atoms with Gasteiger partial charge < -0.3 is 18.9 Å². The van der Waals surface area contributed by atoms with Gasteiger partial charge in [0.15, 0.2) is 18.1 Å². The zero-order chi connectivity index (χ0) is 20.5. The van der Waals surface area contributed by atoms with Crippen molar-refractivity contribution in [2.45, 2.75) is 0 Å². The predicted molar refractivity (Wildman–Crippen MR) is 104 cm³/mol. The van der Waals surface area contributed by atoms with Crippen LogP contribution in [0.3, 0.4) is 0 Å². The number of rotatable bonds is 7. The standard InChI is InChI=1S/C20H16BrNO6/c1-25-18-10-13(9-14(11-22)20(24)26-2)7-8-17(18)28-19(23)12-27-16-6-4-3-5-15(16)21/h3-10H,12H2,1-2H3/b14-9+. The molecule has 144 valence electrons. The molecule has 0 aliphatic carbocycles. The minimum absolute atomic E-state index is 0.170. The Kier molecular flexibility index (Phi) is 7.60. The maximum Gasteiger partial charge on any atom is 0.349 e. The Morgan fingerprint density at radius 3 is 2.50 bits per heavy atom. The summed E-state index contributed by atoms with van der Waals surface area (Å²) in [5, 5.41) is 9.02. The summed E-state index contributed by atoms with van der Waals surface area (Å²) in [6.07, 6.45) is 1.34. The number of para-hydroxylation sites is 1. The molecular weight excluding hydrogens is 430 g/mol. The highest BCUT2D eigenvalue weighted by Gasteiger charge is 2.14. The molecule has 2 aromatic rings. The van der Waals surface area contributed by atoms with E-state index in [4.69, 9.17) is 19.5 Å². The highest BCUT2D eigenvalue weighted by atomic mass is 79.9. The lowest BCUT2D eigenvalue weighted by Crippen LogP contribution is -2.18. The highest BCUT2D eigenvalue weighted by molar-refractivity contribution is 9.10. The van der Waals surface area contributed by atoms with E-state index < -0.39 is 11.9 Å². The highest BCUT2D eigenvalue weighted by Crippen LogP contribution is 2.29. The fraction of sp³-hybridized carbons (Fsp3) is 0.150. The van der Waals surface area contributed by atoms with Crippen LogP contribution in [0.25, 0.3) is 6.08 Å². The van der Waals surface area contributed by atoms with Gasteiger partial charge in [0, 0.05) is 0 Å². The van der Waals surface area contributed by atoms with E-state index in [2.05, 4.69) is 20.7 Å². The van der Waals surface area contributed by atoms with Gasteiger partial charge in [0.05, 0.1) is 18.7 Å². The average molecular weight is 446 g/mol. The molecule has 0 N–H and O–H groups in total. The van der Waals surface area contributed by atoms with Gasteiger partial charge in [-0.25, -0.2) is 9.59 Å². The minimum Gasteiger partial charge on any atom is -0.493 e.